The van der Waals surface area contributed by atoms with E-state index in [0.29, 0.717) is 11.1 Å². The number of benzene rings is 1. The molecule has 0 aliphatic heterocycles. The number of carbonyl (C=O) groups is 1. The summed E-state index contributed by atoms with van der Waals surface area (Å²) in [6.07, 6.45) is 4.51. The highest BCUT2D eigenvalue weighted by Crippen LogP contribution is 2.28. The number of nitrogens with one attached hydrogen (secondary N) is 2. The molecule has 0 atom stereocenters. The van der Waals surface area contributed by atoms with E-state index >= 15 is 4.39 Å². The number of hydrogen-bond donors (Lipinski definition) is 2. The van der Waals surface area contributed by atoms with E-state index in [1.54, 1.807) is 19.1 Å². The molecule has 0 radical (unpaired) electrons. The number of nitriles is 1. The molecule has 34 heavy (non-hydrogen) atoms. The molecule has 2 N–H and O–H groups in total. The maximum atomic E-state index is 15.1. The number of rotatable bonds is 7. The minimum atomic E-state index is -4.01. The van der Waals surface area contributed by atoms with Crippen LogP contribution in [0.4, 0.5) is 14.5 Å². The number of sulfonamides is 1. The van der Waals surface area contributed by atoms with Crippen molar-refractivity contribution in [3.05, 3.63) is 65.5 Å². The molecule has 0 unspecified atom stereocenters. The van der Waals surface area contributed by atoms with Crippen molar-refractivity contribution in [3.63, 3.8) is 0 Å². The molecule has 4 aromatic rings. The molecular formula is C21H15F2N7O3S. The lowest BCUT2D eigenvalue weighted by molar-refractivity contribution is 0.103. The summed E-state index contributed by atoms with van der Waals surface area (Å²) in [7, 11) is -4.01. The lowest BCUT2D eigenvalue weighted by Crippen LogP contribution is -2.19. The number of anilines is 1. The molecule has 0 fully saturated rings. The third-order valence-electron chi connectivity index (χ3n) is 4.79. The highest BCUT2D eigenvalue weighted by atomic mass is 32.2. The Hall–Kier alpha value is -4.31. The molecule has 172 valence electrons. The minimum Gasteiger partial charge on any atom is -0.287 e. The fraction of sp³-hybridized carbons (Fsp3) is 0.143. The van der Waals surface area contributed by atoms with Crippen molar-refractivity contribution in [1.82, 2.24) is 25.1 Å². The average molecular weight is 483 g/mol. The summed E-state index contributed by atoms with van der Waals surface area (Å²) in [6.45, 7) is 1.60. The van der Waals surface area contributed by atoms with Gasteiger partial charge in [0.05, 0.1) is 16.7 Å². The normalized spacial score (nSPS) is 11.4. The summed E-state index contributed by atoms with van der Waals surface area (Å²) in [4.78, 5) is 25.1. The van der Waals surface area contributed by atoms with Gasteiger partial charge >= 0.3 is 0 Å². The van der Waals surface area contributed by atoms with Crippen LogP contribution in [-0.4, -0.2) is 45.1 Å². The van der Waals surface area contributed by atoms with E-state index in [-0.39, 0.29) is 34.7 Å². The first-order chi connectivity index (χ1) is 16.2. The Kier molecular flexibility index (Phi) is 5.99. The van der Waals surface area contributed by atoms with Crippen LogP contribution in [0.5, 0.6) is 0 Å². The van der Waals surface area contributed by atoms with E-state index in [4.69, 9.17) is 5.26 Å². The number of fused-ring (bicyclic) bond motifs is 1. The fourth-order valence-electron chi connectivity index (χ4n) is 3.20. The topological polar surface area (TPSA) is 154 Å². The van der Waals surface area contributed by atoms with Gasteiger partial charge in [-0.05, 0) is 24.6 Å². The van der Waals surface area contributed by atoms with Gasteiger partial charge in [-0.3, -0.25) is 14.6 Å². The standard InChI is InChI=1S/C21H15F2N7O3S/c1-2-5-34(32,33)30-19-15(22)4-3-13(17(19)23)20(31)18-14-6-11(8-27-21(14)29-28-18)12-9-25-16(7-24)26-10-12/h3-4,6,8-10,30H,2,5H2,1H3,(H,27,28,29). The van der Waals surface area contributed by atoms with E-state index in [0.717, 1.165) is 12.1 Å². The summed E-state index contributed by atoms with van der Waals surface area (Å²) >= 11 is 0. The van der Waals surface area contributed by atoms with Crippen LogP contribution in [0.1, 0.15) is 35.2 Å². The third kappa shape index (κ3) is 4.30. The molecule has 3 heterocycles. The van der Waals surface area contributed by atoms with Crippen molar-refractivity contribution < 1.29 is 22.0 Å². The Morgan fingerprint density at radius 1 is 1.15 bits per heavy atom. The van der Waals surface area contributed by atoms with Crippen LogP contribution in [0, 0.1) is 23.0 Å². The number of ketones is 1. The molecular weight excluding hydrogens is 468 g/mol. The predicted molar refractivity (Wildman–Crippen MR) is 117 cm³/mol. The Morgan fingerprint density at radius 2 is 1.85 bits per heavy atom. The lowest BCUT2D eigenvalue weighted by Gasteiger charge is -2.11. The smallest absolute Gasteiger partial charge is 0.232 e. The Bertz CT molecular complexity index is 1560. The van der Waals surface area contributed by atoms with Gasteiger partial charge in [0, 0.05) is 29.7 Å². The van der Waals surface area contributed by atoms with Gasteiger partial charge in [-0.1, -0.05) is 6.92 Å². The van der Waals surface area contributed by atoms with Crippen LogP contribution in [0.3, 0.4) is 0 Å². The van der Waals surface area contributed by atoms with Gasteiger partial charge in [0.15, 0.2) is 11.5 Å². The second-order valence-electron chi connectivity index (χ2n) is 7.13. The van der Waals surface area contributed by atoms with Gasteiger partial charge in [0.25, 0.3) is 0 Å². The molecule has 0 amide bonds. The molecule has 1 aromatic carbocycles. The Balaban J connectivity index is 1.76. The molecule has 0 saturated carbocycles. The van der Waals surface area contributed by atoms with Crippen molar-refractivity contribution in [3.8, 4) is 17.2 Å². The summed E-state index contributed by atoms with van der Waals surface area (Å²) in [6, 6.07) is 5.08. The van der Waals surface area contributed by atoms with Crippen molar-refractivity contribution in [2.75, 3.05) is 10.5 Å². The van der Waals surface area contributed by atoms with Gasteiger partial charge in [-0.2, -0.15) is 10.4 Å². The van der Waals surface area contributed by atoms with E-state index in [2.05, 4.69) is 25.1 Å². The van der Waals surface area contributed by atoms with Crippen LogP contribution in [0.15, 0.2) is 36.8 Å². The number of nitrogens with zero attached hydrogens (tertiary/aromatic N) is 5. The molecule has 0 aliphatic rings. The molecule has 3 aromatic heterocycles. The summed E-state index contributed by atoms with van der Waals surface area (Å²) in [5.41, 5.74) is -0.460. The zero-order valence-corrected chi connectivity index (χ0v) is 18.3. The fourth-order valence-corrected chi connectivity index (χ4v) is 4.33. The maximum absolute atomic E-state index is 15.1. The number of aromatic amines is 1. The van der Waals surface area contributed by atoms with Crippen LogP contribution < -0.4 is 4.72 Å². The summed E-state index contributed by atoms with van der Waals surface area (Å²) < 4.78 is 55.2. The molecule has 0 spiro atoms. The second-order valence-corrected chi connectivity index (χ2v) is 8.98. The number of halogens is 2. The van der Waals surface area contributed by atoms with Gasteiger partial charge in [0.1, 0.15) is 23.3 Å². The summed E-state index contributed by atoms with van der Waals surface area (Å²) in [5, 5.41) is 15.5. The molecule has 13 heteroatoms. The quantitative estimate of drug-likeness (QED) is 0.380. The van der Waals surface area contributed by atoms with Crippen molar-refractivity contribution in [2.45, 2.75) is 13.3 Å². The van der Waals surface area contributed by atoms with Crippen LogP contribution >= 0.6 is 0 Å². The molecule has 0 aliphatic carbocycles. The van der Waals surface area contributed by atoms with Gasteiger partial charge in [-0.25, -0.2) is 32.2 Å². The number of H-pyrrole nitrogens is 1. The summed E-state index contributed by atoms with van der Waals surface area (Å²) in [5.74, 6) is -3.76. The first kappa shape index (κ1) is 22.9. The van der Waals surface area contributed by atoms with Gasteiger partial charge in [0.2, 0.25) is 21.6 Å². The van der Waals surface area contributed by atoms with E-state index < -0.39 is 38.7 Å². The van der Waals surface area contributed by atoms with Crippen LogP contribution in [-0.2, 0) is 10.0 Å². The SMILES string of the molecule is CCCS(=O)(=O)Nc1c(F)ccc(C(=O)c2[nH]nc3ncc(-c4cnc(C#N)nc4)cc23)c1F. The van der Waals surface area contributed by atoms with E-state index in [1.165, 1.54) is 18.6 Å². The van der Waals surface area contributed by atoms with Crippen LogP contribution in [0.2, 0.25) is 0 Å². The molecule has 0 bridgehead atoms. The van der Waals surface area contributed by atoms with E-state index in [9.17, 15) is 17.6 Å². The average Bonchev–Trinajstić information content (AvgIpc) is 3.25. The van der Waals surface area contributed by atoms with Crippen LogP contribution in [0.25, 0.3) is 22.2 Å². The largest absolute Gasteiger partial charge is 0.287 e. The molecule has 0 saturated heterocycles. The minimum absolute atomic E-state index is 0.0193. The van der Waals surface area contributed by atoms with Crippen molar-refractivity contribution in [1.29, 1.82) is 5.26 Å². The van der Waals surface area contributed by atoms with Gasteiger partial charge < -0.3 is 0 Å². The Labute approximate surface area is 191 Å². The van der Waals surface area contributed by atoms with Crippen molar-refractivity contribution in [2.24, 2.45) is 0 Å². The number of hydrogen-bond acceptors (Lipinski definition) is 8. The lowest BCUT2D eigenvalue weighted by atomic mass is 10.0. The highest BCUT2D eigenvalue weighted by Gasteiger charge is 2.25. The predicted octanol–water partition coefficient (Wildman–Crippen LogP) is 2.95. The zero-order chi connectivity index (χ0) is 24.5. The maximum Gasteiger partial charge on any atom is 0.232 e. The number of pyridine rings is 1. The van der Waals surface area contributed by atoms with E-state index in [1.807, 2.05) is 4.72 Å². The number of carbonyl (C=O) groups excluding carboxylic acids is 1. The molecule has 4 rings (SSSR count). The second kappa shape index (κ2) is 8.91. The van der Waals surface area contributed by atoms with Gasteiger partial charge in [-0.15, -0.1) is 0 Å². The first-order valence-electron chi connectivity index (χ1n) is 9.84. The Morgan fingerprint density at radius 3 is 2.53 bits per heavy atom. The molecule has 10 nitrogen and oxygen atoms in total. The highest BCUT2D eigenvalue weighted by molar-refractivity contribution is 7.92. The number of aromatic nitrogens is 5. The first-order valence-corrected chi connectivity index (χ1v) is 11.5. The van der Waals surface area contributed by atoms with Crippen molar-refractivity contribution >= 4 is 32.5 Å². The zero-order valence-electron chi connectivity index (χ0n) is 17.5. The monoisotopic (exact) mass is 483 g/mol. The third-order valence-corrected chi connectivity index (χ3v) is 6.25.